The molecule has 0 bridgehead atoms. The third-order valence-corrected chi connectivity index (χ3v) is 1.83. The van der Waals surface area contributed by atoms with Crippen molar-refractivity contribution in [1.29, 1.82) is 0 Å². The van der Waals surface area contributed by atoms with Gasteiger partial charge in [-0.2, -0.15) is 0 Å². The molecule has 2 nitrogen and oxygen atoms in total. The predicted molar refractivity (Wildman–Crippen MR) is 45.0 cm³/mol. The van der Waals surface area contributed by atoms with E-state index in [1.54, 1.807) is 19.1 Å². The highest BCUT2D eigenvalue weighted by molar-refractivity contribution is 5.23. The molecule has 12 heavy (non-hydrogen) atoms. The van der Waals surface area contributed by atoms with Crippen LogP contribution in [0.1, 0.15) is 12.5 Å². The molecule has 66 valence electrons. The summed E-state index contributed by atoms with van der Waals surface area (Å²) in [7, 11) is 0. The molecule has 0 aliphatic heterocycles. The number of benzene rings is 1. The van der Waals surface area contributed by atoms with E-state index in [0.29, 0.717) is 0 Å². The molecule has 0 aliphatic carbocycles. The summed E-state index contributed by atoms with van der Waals surface area (Å²) in [5.41, 5.74) is 5.66. The number of rotatable bonds is 2. The molecule has 0 radical (unpaired) electrons. The number of hydrogen-bond donors (Lipinski definition) is 2. The summed E-state index contributed by atoms with van der Waals surface area (Å²) in [4.78, 5) is 0. The minimum absolute atomic E-state index is 0.154. The fraction of sp³-hybridized carbons (Fsp3) is 0.333. The van der Waals surface area contributed by atoms with Crippen molar-refractivity contribution in [2.24, 2.45) is 5.73 Å². The van der Waals surface area contributed by atoms with E-state index in [4.69, 9.17) is 10.8 Å². The maximum Gasteiger partial charge on any atom is 0.123 e. The molecule has 0 spiro atoms. The van der Waals surface area contributed by atoms with Gasteiger partial charge in [0.05, 0.1) is 12.1 Å². The number of aliphatic hydroxyl groups is 1. The van der Waals surface area contributed by atoms with E-state index >= 15 is 0 Å². The predicted octanol–water partition coefficient (Wildman–Crippen LogP) is 0.992. The van der Waals surface area contributed by atoms with Crippen LogP contribution in [-0.2, 0) is 5.54 Å². The Kier molecular flexibility index (Phi) is 2.45. The second kappa shape index (κ2) is 3.21. The van der Waals surface area contributed by atoms with Crippen molar-refractivity contribution in [3.05, 3.63) is 35.6 Å². The first kappa shape index (κ1) is 9.16. The Morgan fingerprint density at radius 3 is 2.33 bits per heavy atom. The van der Waals surface area contributed by atoms with E-state index in [9.17, 15) is 4.39 Å². The maximum atomic E-state index is 12.5. The molecular formula is C9H12FNO. The SMILES string of the molecule is CC(N)(CO)c1ccc(F)cc1. The Bertz CT molecular complexity index is 256. The van der Waals surface area contributed by atoms with E-state index < -0.39 is 5.54 Å². The Labute approximate surface area is 70.8 Å². The summed E-state index contributed by atoms with van der Waals surface area (Å²) < 4.78 is 12.5. The summed E-state index contributed by atoms with van der Waals surface area (Å²) >= 11 is 0. The number of halogens is 1. The van der Waals surface area contributed by atoms with Gasteiger partial charge in [0.1, 0.15) is 5.82 Å². The van der Waals surface area contributed by atoms with Gasteiger partial charge in [0.2, 0.25) is 0 Å². The highest BCUT2D eigenvalue weighted by Gasteiger charge is 2.19. The van der Waals surface area contributed by atoms with E-state index in [1.807, 2.05) is 0 Å². The molecular weight excluding hydrogens is 157 g/mol. The Morgan fingerprint density at radius 1 is 1.42 bits per heavy atom. The van der Waals surface area contributed by atoms with Gasteiger partial charge in [0.15, 0.2) is 0 Å². The van der Waals surface area contributed by atoms with Gasteiger partial charge >= 0.3 is 0 Å². The first-order valence-corrected chi connectivity index (χ1v) is 3.72. The van der Waals surface area contributed by atoms with E-state index in [-0.39, 0.29) is 12.4 Å². The third-order valence-electron chi connectivity index (χ3n) is 1.83. The van der Waals surface area contributed by atoms with E-state index in [0.717, 1.165) is 5.56 Å². The first-order valence-electron chi connectivity index (χ1n) is 3.72. The zero-order valence-electron chi connectivity index (χ0n) is 6.92. The molecule has 3 heteroatoms. The lowest BCUT2D eigenvalue weighted by atomic mass is 9.94. The fourth-order valence-corrected chi connectivity index (χ4v) is 0.922. The summed E-state index contributed by atoms with van der Waals surface area (Å²) in [5, 5.41) is 8.90. The first-order chi connectivity index (χ1) is 5.56. The van der Waals surface area contributed by atoms with E-state index in [1.165, 1.54) is 12.1 Å². The highest BCUT2D eigenvalue weighted by atomic mass is 19.1. The van der Waals surface area contributed by atoms with Crippen molar-refractivity contribution in [1.82, 2.24) is 0 Å². The summed E-state index contributed by atoms with van der Waals surface area (Å²) in [6.45, 7) is 1.54. The van der Waals surface area contributed by atoms with Crippen LogP contribution in [0.15, 0.2) is 24.3 Å². The van der Waals surface area contributed by atoms with Crippen LogP contribution in [0.3, 0.4) is 0 Å². The van der Waals surface area contributed by atoms with Crippen molar-refractivity contribution < 1.29 is 9.50 Å². The minimum Gasteiger partial charge on any atom is -0.394 e. The van der Waals surface area contributed by atoms with Crippen molar-refractivity contribution in [2.45, 2.75) is 12.5 Å². The van der Waals surface area contributed by atoms with Gasteiger partial charge < -0.3 is 10.8 Å². The van der Waals surface area contributed by atoms with Crippen LogP contribution in [0.25, 0.3) is 0 Å². The molecule has 1 atom stereocenters. The fourth-order valence-electron chi connectivity index (χ4n) is 0.922. The second-order valence-electron chi connectivity index (χ2n) is 3.08. The van der Waals surface area contributed by atoms with Crippen molar-refractivity contribution >= 4 is 0 Å². The van der Waals surface area contributed by atoms with Crippen LogP contribution < -0.4 is 5.73 Å². The Morgan fingerprint density at radius 2 is 1.92 bits per heavy atom. The van der Waals surface area contributed by atoms with Gasteiger partial charge in [-0.15, -0.1) is 0 Å². The maximum absolute atomic E-state index is 12.5. The van der Waals surface area contributed by atoms with Gasteiger partial charge in [-0.1, -0.05) is 12.1 Å². The molecule has 0 aliphatic rings. The number of aliphatic hydroxyl groups excluding tert-OH is 1. The zero-order chi connectivity index (χ0) is 9.19. The summed E-state index contributed by atoms with van der Waals surface area (Å²) in [6, 6.07) is 5.81. The van der Waals surface area contributed by atoms with Gasteiger partial charge in [0.25, 0.3) is 0 Å². The smallest absolute Gasteiger partial charge is 0.123 e. The lowest BCUT2D eigenvalue weighted by Crippen LogP contribution is -2.36. The quantitative estimate of drug-likeness (QED) is 0.693. The topological polar surface area (TPSA) is 46.2 Å². The highest BCUT2D eigenvalue weighted by Crippen LogP contribution is 2.16. The average Bonchev–Trinajstić information content (AvgIpc) is 2.05. The molecule has 1 unspecified atom stereocenters. The molecule has 0 heterocycles. The van der Waals surface area contributed by atoms with Crippen LogP contribution in [0.5, 0.6) is 0 Å². The van der Waals surface area contributed by atoms with Crippen LogP contribution >= 0.6 is 0 Å². The third kappa shape index (κ3) is 1.81. The summed E-state index contributed by atoms with van der Waals surface area (Å²) in [5.74, 6) is -0.299. The lowest BCUT2D eigenvalue weighted by Gasteiger charge is -2.21. The van der Waals surface area contributed by atoms with E-state index in [2.05, 4.69) is 0 Å². The molecule has 0 amide bonds. The minimum atomic E-state index is -0.784. The molecule has 0 saturated carbocycles. The van der Waals surface area contributed by atoms with Gasteiger partial charge in [0, 0.05) is 0 Å². The molecule has 0 fully saturated rings. The molecule has 0 saturated heterocycles. The molecule has 1 rings (SSSR count). The van der Waals surface area contributed by atoms with Crippen molar-refractivity contribution in [2.75, 3.05) is 6.61 Å². The number of nitrogens with two attached hydrogens (primary N) is 1. The molecule has 1 aromatic carbocycles. The normalized spacial score (nSPS) is 15.7. The van der Waals surface area contributed by atoms with Gasteiger partial charge in [-0.05, 0) is 24.6 Å². The number of hydrogen-bond acceptors (Lipinski definition) is 2. The largest absolute Gasteiger partial charge is 0.394 e. The standard InChI is InChI=1S/C9H12FNO/c1-9(11,6-12)7-2-4-8(10)5-3-7/h2-5,12H,6,11H2,1H3. The lowest BCUT2D eigenvalue weighted by molar-refractivity contribution is 0.210. The monoisotopic (exact) mass is 169 g/mol. The van der Waals surface area contributed by atoms with Gasteiger partial charge in [-0.3, -0.25) is 0 Å². The average molecular weight is 169 g/mol. The van der Waals surface area contributed by atoms with Crippen molar-refractivity contribution in [3.63, 3.8) is 0 Å². The van der Waals surface area contributed by atoms with Crippen LogP contribution in [0.2, 0.25) is 0 Å². The summed E-state index contributed by atoms with van der Waals surface area (Å²) in [6.07, 6.45) is 0. The van der Waals surface area contributed by atoms with Gasteiger partial charge in [-0.25, -0.2) is 4.39 Å². The second-order valence-corrected chi connectivity index (χ2v) is 3.08. The molecule has 0 aromatic heterocycles. The van der Waals surface area contributed by atoms with Crippen LogP contribution in [0.4, 0.5) is 4.39 Å². The molecule has 3 N–H and O–H groups in total. The van der Waals surface area contributed by atoms with Crippen LogP contribution in [-0.4, -0.2) is 11.7 Å². The molecule has 1 aromatic rings. The Hall–Kier alpha value is -0.930. The Balaban J connectivity index is 2.96. The zero-order valence-corrected chi connectivity index (χ0v) is 6.92. The van der Waals surface area contributed by atoms with Crippen LogP contribution in [0, 0.1) is 5.82 Å². The van der Waals surface area contributed by atoms with Crippen molar-refractivity contribution in [3.8, 4) is 0 Å².